The van der Waals surface area contributed by atoms with Crippen LogP contribution in [0.25, 0.3) is 0 Å². The Morgan fingerprint density at radius 2 is 2.42 bits per heavy atom. The van der Waals surface area contributed by atoms with Gasteiger partial charge in [0.15, 0.2) is 0 Å². The van der Waals surface area contributed by atoms with Gasteiger partial charge >= 0.3 is 0 Å². The molecule has 0 N–H and O–H groups in total. The van der Waals surface area contributed by atoms with Crippen molar-refractivity contribution >= 4 is 18.8 Å². The number of hydrogen-bond donors (Lipinski definition) is 1. The van der Waals surface area contributed by atoms with Gasteiger partial charge in [-0.2, -0.15) is 0 Å². The first kappa shape index (κ1) is 9.85. The van der Waals surface area contributed by atoms with Gasteiger partial charge in [-0.3, -0.25) is 4.99 Å². The molecule has 1 nitrogen and oxygen atoms in total. The summed E-state index contributed by atoms with van der Waals surface area (Å²) >= 11 is 4.49. The highest BCUT2D eigenvalue weighted by atomic mass is 32.1. The molecule has 0 aromatic carbocycles. The lowest BCUT2D eigenvalue weighted by Crippen LogP contribution is -2.04. The fraction of sp³-hybridized carbons (Fsp3) is 0.700. The van der Waals surface area contributed by atoms with Crippen LogP contribution in [-0.2, 0) is 0 Å². The number of unbranched alkanes of at least 4 members (excludes halogenated alkanes) is 1. The molecule has 0 bridgehead atoms. The topological polar surface area (TPSA) is 12.4 Å². The van der Waals surface area contributed by atoms with Crippen LogP contribution < -0.4 is 0 Å². The van der Waals surface area contributed by atoms with Gasteiger partial charge in [-0.1, -0.05) is 20.3 Å². The average molecular weight is 183 g/mol. The lowest BCUT2D eigenvalue weighted by molar-refractivity contribution is 0.706. The molecule has 1 aliphatic rings. The van der Waals surface area contributed by atoms with Gasteiger partial charge in [0.2, 0.25) is 0 Å². The Balaban J connectivity index is 2.59. The summed E-state index contributed by atoms with van der Waals surface area (Å²) in [4.78, 5) is 5.58. The first-order valence-corrected chi connectivity index (χ1v) is 5.15. The Kier molecular flexibility index (Phi) is 3.86. The van der Waals surface area contributed by atoms with Crippen molar-refractivity contribution < 1.29 is 0 Å². The molecular weight excluding hydrogens is 166 g/mol. The fourth-order valence-corrected chi connectivity index (χ4v) is 1.59. The van der Waals surface area contributed by atoms with Crippen LogP contribution in [0.5, 0.6) is 0 Å². The molecule has 0 spiro atoms. The van der Waals surface area contributed by atoms with Gasteiger partial charge in [0.05, 0.1) is 0 Å². The second kappa shape index (κ2) is 4.70. The summed E-state index contributed by atoms with van der Waals surface area (Å²) in [6.45, 7) is 4.41. The summed E-state index contributed by atoms with van der Waals surface area (Å²) in [5.74, 6) is 0.581. The van der Waals surface area contributed by atoms with Crippen LogP contribution in [-0.4, -0.2) is 6.21 Å². The number of thiol groups is 1. The molecule has 0 amide bonds. The molecular formula is C10H17NS. The van der Waals surface area contributed by atoms with Crippen LogP contribution in [0.3, 0.4) is 0 Å². The van der Waals surface area contributed by atoms with Gasteiger partial charge < -0.3 is 0 Å². The van der Waals surface area contributed by atoms with E-state index in [9.17, 15) is 0 Å². The van der Waals surface area contributed by atoms with Gasteiger partial charge in [0.25, 0.3) is 0 Å². The highest BCUT2D eigenvalue weighted by Crippen LogP contribution is 2.28. The monoisotopic (exact) mass is 183 g/mol. The summed E-state index contributed by atoms with van der Waals surface area (Å²) in [6, 6.07) is 0. The third kappa shape index (κ3) is 2.37. The summed E-state index contributed by atoms with van der Waals surface area (Å²) in [6.07, 6.45) is 6.62. The lowest BCUT2D eigenvalue weighted by Gasteiger charge is -2.16. The van der Waals surface area contributed by atoms with Crippen LogP contribution in [0, 0.1) is 5.92 Å². The van der Waals surface area contributed by atoms with E-state index in [1.807, 2.05) is 6.21 Å². The third-order valence-electron chi connectivity index (χ3n) is 2.24. The minimum absolute atomic E-state index is 0.581. The van der Waals surface area contributed by atoms with Crippen molar-refractivity contribution in [2.24, 2.45) is 10.9 Å². The SMILES string of the molecule is CCCCC1=C(S)C(C)CC=N1. The van der Waals surface area contributed by atoms with E-state index in [-0.39, 0.29) is 0 Å². The Labute approximate surface area is 80.4 Å². The zero-order valence-corrected chi connectivity index (χ0v) is 8.77. The Morgan fingerprint density at radius 1 is 1.67 bits per heavy atom. The number of nitrogens with zero attached hydrogens (tertiary/aromatic N) is 1. The largest absolute Gasteiger partial charge is 0.265 e. The quantitative estimate of drug-likeness (QED) is 0.644. The number of aliphatic imine (C=N–C) groups is 1. The molecule has 1 atom stereocenters. The molecule has 0 saturated heterocycles. The molecule has 2 heteroatoms. The molecule has 1 heterocycles. The van der Waals surface area contributed by atoms with Crippen molar-refractivity contribution in [1.82, 2.24) is 0 Å². The molecule has 0 fully saturated rings. The van der Waals surface area contributed by atoms with Gasteiger partial charge in [0.1, 0.15) is 0 Å². The number of rotatable bonds is 3. The van der Waals surface area contributed by atoms with E-state index in [1.54, 1.807) is 0 Å². The van der Waals surface area contributed by atoms with Crippen molar-refractivity contribution in [3.8, 4) is 0 Å². The predicted octanol–water partition coefficient (Wildman–Crippen LogP) is 3.43. The van der Waals surface area contributed by atoms with Crippen LogP contribution >= 0.6 is 12.6 Å². The second-order valence-corrected chi connectivity index (χ2v) is 3.87. The number of allylic oxidation sites excluding steroid dienone is 2. The van der Waals surface area contributed by atoms with Crippen LogP contribution in [0.2, 0.25) is 0 Å². The van der Waals surface area contributed by atoms with Crippen molar-refractivity contribution in [3.63, 3.8) is 0 Å². The summed E-state index contributed by atoms with van der Waals surface area (Å²) in [5.41, 5.74) is 1.21. The van der Waals surface area contributed by atoms with E-state index >= 15 is 0 Å². The molecule has 0 aromatic rings. The van der Waals surface area contributed by atoms with Crippen LogP contribution in [0.4, 0.5) is 0 Å². The van der Waals surface area contributed by atoms with Crippen molar-refractivity contribution in [2.75, 3.05) is 0 Å². The fourth-order valence-electron chi connectivity index (χ4n) is 1.32. The summed E-state index contributed by atoms with van der Waals surface area (Å²) in [7, 11) is 0. The van der Waals surface area contributed by atoms with E-state index in [0.717, 1.165) is 12.8 Å². The van der Waals surface area contributed by atoms with E-state index in [4.69, 9.17) is 0 Å². The minimum Gasteiger partial charge on any atom is -0.265 e. The molecule has 0 aliphatic carbocycles. The number of hydrogen-bond acceptors (Lipinski definition) is 2. The first-order valence-electron chi connectivity index (χ1n) is 4.70. The van der Waals surface area contributed by atoms with Crippen LogP contribution in [0.1, 0.15) is 39.5 Å². The van der Waals surface area contributed by atoms with Gasteiger partial charge in [-0.25, -0.2) is 0 Å². The maximum absolute atomic E-state index is 4.49. The van der Waals surface area contributed by atoms with Crippen molar-refractivity contribution in [1.29, 1.82) is 0 Å². The van der Waals surface area contributed by atoms with Crippen molar-refractivity contribution in [3.05, 3.63) is 10.6 Å². The Morgan fingerprint density at radius 3 is 3.08 bits per heavy atom. The normalized spacial score (nSPS) is 23.4. The van der Waals surface area contributed by atoms with Gasteiger partial charge in [-0.05, 0) is 25.2 Å². The zero-order valence-electron chi connectivity index (χ0n) is 7.88. The highest BCUT2D eigenvalue weighted by Gasteiger charge is 2.12. The smallest absolute Gasteiger partial charge is 0.0494 e. The third-order valence-corrected chi connectivity index (χ3v) is 2.93. The zero-order chi connectivity index (χ0) is 8.97. The first-order chi connectivity index (χ1) is 5.75. The molecule has 1 unspecified atom stereocenters. The highest BCUT2D eigenvalue weighted by molar-refractivity contribution is 7.84. The van der Waals surface area contributed by atoms with Crippen molar-refractivity contribution in [2.45, 2.75) is 39.5 Å². The molecule has 12 heavy (non-hydrogen) atoms. The van der Waals surface area contributed by atoms with Gasteiger partial charge in [0, 0.05) is 16.8 Å². The lowest BCUT2D eigenvalue weighted by atomic mass is 10.0. The van der Waals surface area contributed by atoms with Crippen LogP contribution in [0.15, 0.2) is 15.6 Å². The van der Waals surface area contributed by atoms with E-state index in [1.165, 1.54) is 23.4 Å². The molecule has 68 valence electrons. The maximum atomic E-state index is 4.49. The average Bonchev–Trinajstić information content (AvgIpc) is 2.08. The van der Waals surface area contributed by atoms with E-state index in [0.29, 0.717) is 5.92 Å². The molecule has 0 radical (unpaired) electrons. The van der Waals surface area contributed by atoms with Gasteiger partial charge in [-0.15, -0.1) is 12.6 Å². The van der Waals surface area contributed by atoms with E-state index in [2.05, 4.69) is 31.5 Å². The molecule has 1 rings (SSSR count). The second-order valence-electron chi connectivity index (χ2n) is 3.38. The maximum Gasteiger partial charge on any atom is 0.0494 e. The molecule has 0 saturated carbocycles. The van der Waals surface area contributed by atoms with E-state index < -0.39 is 0 Å². The Hall–Kier alpha value is -0.240. The standard InChI is InChI=1S/C10H17NS/c1-3-4-5-9-10(12)8(2)6-7-11-9/h7-8,12H,3-6H2,1-2H3. The minimum atomic E-state index is 0.581. The molecule has 1 aliphatic heterocycles. The Bertz CT molecular complexity index is 206. The predicted molar refractivity (Wildman–Crippen MR) is 57.8 cm³/mol. The summed E-state index contributed by atoms with van der Waals surface area (Å²) < 4.78 is 0. The molecule has 0 aromatic heterocycles. The summed E-state index contributed by atoms with van der Waals surface area (Å²) in [5, 5.41) is 0.